The topological polar surface area (TPSA) is 29.9 Å². The average Bonchev–Trinajstić information content (AvgIpc) is 2.83. The van der Waals surface area contributed by atoms with Crippen LogP contribution in [-0.2, 0) is 0 Å². The van der Waals surface area contributed by atoms with Gasteiger partial charge in [0.1, 0.15) is 0 Å². The van der Waals surface area contributed by atoms with Gasteiger partial charge in [-0.3, -0.25) is 4.68 Å². The van der Waals surface area contributed by atoms with Crippen LogP contribution in [0, 0.1) is 5.92 Å². The van der Waals surface area contributed by atoms with Gasteiger partial charge in [0, 0.05) is 12.2 Å². The first-order valence-corrected chi connectivity index (χ1v) is 7.42. The van der Waals surface area contributed by atoms with Gasteiger partial charge >= 0.3 is 0 Å². The Bertz CT molecular complexity index is 326. The summed E-state index contributed by atoms with van der Waals surface area (Å²) in [4.78, 5) is 0. The minimum absolute atomic E-state index is 0.426. The van der Waals surface area contributed by atoms with Gasteiger partial charge in [0.2, 0.25) is 0 Å². The van der Waals surface area contributed by atoms with Crippen molar-refractivity contribution in [2.75, 3.05) is 6.54 Å². The molecule has 0 radical (unpaired) electrons. The van der Waals surface area contributed by atoms with Crippen LogP contribution in [0.25, 0.3) is 0 Å². The first kappa shape index (κ1) is 15.2. The average molecular weight is 251 g/mol. The molecule has 0 aliphatic heterocycles. The van der Waals surface area contributed by atoms with Gasteiger partial charge in [0.25, 0.3) is 0 Å². The number of rotatable bonds is 8. The molecule has 1 rings (SSSR count). The van der Waals surface area contributed by atoms with Crippen molar-refractivity contribution in [2.24, 2.45) is 5.92 Å². The van der Waals surface area contributed by atoms with E-state index in [2.05, 4.69) is 55.8 Å². The number of hydrogen-bond donors (Lipinski definition) is 1. The van der Waals surface area contributed by atoms with Crippen molar-refractivity contribution in [1.29, 1.82) is 0 Å². The first-order valence-electron chi connectivity index (χ1n) is 7.42. The quantitative estimate of drug-likeness (QED) is 0.758. The fourth-order valence-corrected chi connectivity index (χ4v) is 2.57. The lowest BCUT2D eigenvalue weighted by Crippen LogP contribution is -2.31. The molecule has 1 N–H and O–H groups in total. The van der Waals surface area contributed by atoms with E-state index in [1.54, 1.807) is 0 Å². The highest BCUT2D eigenvalue weighted by Gasteiger charge is 2.23. The van der Waals surface area contributed by atoms with E-state index in [0.29, 0.717) is 18.0 Å². The summed E-state index contributed by atoms with van der Waals surface area (Å²) >= 11 is 0. The van der Waals surface area contributed by atoms with Crippen molar-refractivity contribution in [3.8, 4) is 0 Å². The Labute approximate surface area is 112 Å². The Morgan fingerprint density at radius 2 is 1.89 bits per heavy atom. The smallest absolute Gasteiger partial charge is 0.0559 e. The van der Waals surface area contributed by atoms with Gasteiger partial charge in [-0.15, -0.1) is 0 Å². The largest absolute Gasteiger partial charge is 0.308 e. The molecule has 0 bridgehead atoms. The van der Waals surface area contributed by atoms with E-state index in [1.165, 1.54) is 25.0 Å². The van der Waals surface area contributed by atoms with Crippen molar-refractivity contribution in [3.63, 3.8) is 0 Å². The van der Waals surface area contributed by atoms with Crippen LogP contribution in [0.3, 0.4) is 0 Å². The van der Waals surface area contributed by atoms with Crippen molar-refractivity contribution in [3.05, 3.63) is 18.0 Å². The Kier molecular flexibility index (Phi) is 6.41. The second-order valence-electron chi connectivity index (χ2n) is 5.30. The molecule has 1 unspecified atom stereocenters. The Hall–Kier alpha value is -0.830. The summed E-state index contributed by atoms with van der Waals surface area (Å²) in [5.41, 5.74) is 1.34. The van der Waals surface area contributed by atoms with Crippen molar-refractivity contribution >= 4 is 0 Å². The predicted octanol–water partition coefficient (Wildman–Crippen LogP) is 3.94. The zero-order valence-corrected chi connectivity index (χ0v) is 12.6. The van der Waals surface area contributed by atoms with Crippen LogP contribution >= 0.6 is 0 Å². The van der Waals surface area contributed by atoms with E-state index in [4.69, 9.17) is 0 Å². The molecule has 0 aliphatic rings. The van der Waals surface area contributed by atoms with Crippen LogP contribution in [0.2, 0.25) is 0 Å². The van der Waals surface area contributed by atoms with E-state index >= 15 is 0 Å². The second kappa shape index (κ2) is 7.57. The van der Waals surface area contributed by atoms with Crippen LogP contribution in [0.4, 0.5) is 0 Å². The number of hydrogen-bond acceptors (Lipinski definition) is 2. The van der Waals surface area contributed by atoms with Gasteiger partial charge < -0.3 is 5.32 Å². The molecule has 18 heavy (non-hydrogen) atoms. The molecule has 0 saturated carbocycles. The normalized spacial score (nSPS) is 13.5. The Morgan fingerprint density at radius 3 is 2.39 bits per heavy atom. The van der Waals surface area contributed by atoms with Crippen LogP contribution in [0.5, 0.6) is 0 Å². The molecule has 3 heteroatoms. The van der Waals surface area contributed by atoms with Crippen LogP contribution in [0.1, 0.15) is 71.7 Å². The first-order chi connectivity index (χ1) is 8.65. The molecule has 0 fully saturated rings. The maximum absolute atomic E-state index is 4.47. The molecule has 1 heterocycles. The molecule has 0 aromatic carbocycles. The van der Waals surface area contributed by atoms with E-state index in [1.807, 2.05) is 6.20 Å². The Balaban J connectivity index is 2.96. The summed E-state index contributed by atoms with van der Waals surface area (Å²) in [6.45, 7) is 12.2. The molecule has 104 valence electrons. The molecule has 0 amide bonds. The van der Waals surface area contributed by atoms with E-state index in [0.717, 1.165) is 6.54 Å². The maximum Gasteiger partial charge on any atom is 0.0559 e. The van der Waals surface area contributed by atoms with Gasteiger partial charge in [-0.1, -0.05) is 33.6 Å². The van der Waals surface area contributed by atoms with E-state index in [9.17, 15) is 0 Å². The summed E-state index contributed by atoms with van der Waals surface area (Å²) in [7, 11) is 0. The van der Waals surface area contributed by atoms with Crippen LogP contribution < -0.4 is 5.32 Å². The molecular formula is C15H29N3. The zero-order chi connectivity index (χ0) is 13.5. The van der Waals surface area contributed by atoms with Gasteiger partial charge in [-0.05, 0) is 38.8 Å². The second-order valence-corrected chi connectivity index (χ2v) is 5.30. The minimum atomic E-state index is 0.426. The molecule has 0 saturated heterocycles. The summed E-state index contributed by atoms with van der Waals surface area (Å²) in [5, 5.41) is 8.18. The standard InChI is InChI=1S/C15H29N3/c1-6-10-16-15(13(7-2)8-3)14-9-11-17-18(14)12(4)5/h9,11-13,15-16H,6-8,10H2,1-5H3. The van der Waals surface area contributed by atoms with Gasteiger partial charge in [0.15, 0.2) is 0 Å². The highest BCUT2D eigenvalue weighted by atomic mass is 15.3. The van der Waals surface area contributed by atoms with Crippen molar-refractivity contribution in [2.45, 2.75) is 66.0 Å². The molecule has 0 aliphatic carbocycles. The Morgan fingerprint density at radius 1 is 1.22 bits per heavy atom. The van der Waals surface area contributed by atoms with Crippen LogP contribution in [0.15, 0.2) is 12.3 Å². The molecule has 1 atom stereocenters. The number of nitrogens with zero attached hydrogens (tertiary/aromatic N) is 2. The van der Waals surface area contributed by atoms with Crippen molar-refractivity contribution < 1.29 is 0 Å². The predicted molar refractivity (Wildman–Crippen MR) is 77.7 cm³/mol. The SMILES string of the molecule is CCCNC(c1ccnn1C(C)C)C(CC)CC. The third-order valence-electron chi connectivity index (χ3n) is 3.64. The van der Waals surface area contributed by atoms with E-state index in [-0.39, 0.29) is 0 Å². The van der Waals surface area contributed by atoms with Gasteiger partial charge in [0.05, 0.1) is 11.7 Å². The van der Waals surface area contributed by atoms with Crippen molar-refractivity contribution in [1.82, 2.24) is 15.1 Å². The molecule has 0 spiro atoms. The fourth-order valence-electron chi connectivity index (χ4n) is 2.57. The molecular weight excluding hydrogens is 222 g/mol. The summed E-state index contributed by atoms with van der Waals surface area (Å²) in [6, 6.07) is 3.03. The van der Waals surface area contributed by atoms with Crippen LogP contribution in [-0.4, -0.2) is 16.3 Å². The monoisotopic (exact) mass is 251 g/mol. The lowest BCUT2D eigenvalue weighted by molar-refractivity contribution is 0.316. The third kappa shape index (κ3) is 3.58. The lowest BCUT2D eigenvalue weighted by Gasteiger charge is -2.28. The van der Waals surface area contributed by atoms with E-state index < -0.39 is 0 Å². The van der Waals surface area contributed by atoms with Gasteiger partial charge in [-0.2, -0.15) is 5.10 Å². The van der Waals surface area contributed by atoms with Gasteiger partial charge in [-0.25, -0.2) is 0 Å². The third-order valence-corrected chi connectivity index (χ3v) is 3.64. The number of nitrogens with one attached hydrogen (secondary N) is 1. The maximum atomic E-state index is 4.47. The number of aromatic nitrogens is 2. The fraction of sp³-hybridized carbons (Fsp3) is 0.800. The highest BCUT2D eigenvalue weighted by Crippen LogP contribution is 2.28. The highest BCUT2D eigenvalue weighted by molar-refractivity contribution is 5.09. The molecule has 1 aromatic rings. The zero-order valence-electron chi connectivity index (χ0n) is 12.6. The summed E-state index contributed by atoms with van der Waals surface area (Å²) in [6.07, 6.45) is 5.52. The summed E-state index contributed by atoms with van der Waals surface area (Å²) < 4.78 is 2.16. The molecule has 3 nitrogen and oxygen atoms in total. The molecule has 1 aromatic heterocycles. The minimum Gasteiger partial charge on any atom is -0.308 e. The lowest BCUT2D eigenvalue weighted by atomic mass is 9.91. The summed E-state index contributed by atoms with van der Waals surface area (Å²) in [5.74, 6) is 0.686.